The highest BCUT2D eigenvalue weighted by atomic mass is 16.3. The average molecular weight is 356 g/mol. The molecule has 7 nitrogen and oxygen atoms in total. The number of piperidine rings is 1. The van der Waals surface area contributed by atoms with Gasteiger partial charge in [0, 0.05) is 25.5 Å². The largest absolute Gasteiger partial charge is 0.456 e. The van der Waals surface area contributed by atoms with E-state index in [1.807, 2.05) is 17.7 Å². The highest BCUT2D eigenvalue weighted by molar-refractivity contribution is 5.93. The van der Waals surface area contributed by atoms with Gasteiger partial charge in [-0.25, -0.2) is 4.98 Å². The highest BCUT2D eigenvalue weighted by Gasteiger charge is 2.45. The van der Waals surface area contributed by atoms with E-state index in [2.05, 4.69) is 10.3 Å². The highest BCUT2D eigenvalue weighted by Crippen LogP contribution is 2.32. The third kappa shape index (κ3) is 3.13. The molecule has 1 aliphatic heterocycles. The molecule has 1 saturated carbocycles. The molecule has 1 aliphatic carbocycles. The molecule has 0 radical (unpaired) electrons. The molecule has 0 bridgehead atoms. The number of carbonyl (C=O) groups excluding carboxylic acids is 2. The summed E-state index contributed by atoms with van der Waals surface area (Å²) < 4.78 is 7.34. The van der Waals surface area contributed by atoms with Crippen LogP contribution in [0.4, 0.5) is 0 Å². The van der Waals surface area contributed by atoms with Crippen LogP contribution >= 0.6 is 0 Å². The minimum atomic E-state index is -0.819. The third-order valence-electron chi connectivity index (χ3n) is 5.38. The molecule has 4 rings (SSSR count). The van der Waals surface area contributed by atoms with Gasteiger partial charge < -0.3 is 19.2 Å². The van der Waals surface area contributed by atoms with Crippen LogP contribution in [0.3, 0.4) is 0 Å². The summed E-state index contributed by atoms with van der Waals surface area (Å²) in [5.41, 5.74) is -0.819. The number of imidazole rings is 1. The van der Waals surface area contributed by atoms with E-state index in [0.717, 1.165) is 6.42 Å². The summed E-state index contributed by atoms with van der Waals surface area (Å²) in [5.74, 6) is 1.43. The van der Waals surface area contributed by atoms with Crippen molar-refractivity contribution in [3.63, 3.8) is 0 Å². The first-order valence-corrected chi connectivity index (χ1v) is 9.21. The van der Waals surface area contributed by atoms with E-state index in [1.165, 1.54) is 12.8 Å². The van der Waals surface area contributed by atoms with Gasteiger partial charge in [0.15, 0.2) is 5.76 Å². The number of nitrogens with zero attached hydrogens (tertiary/aromatic N) is 3. The van der Waals surface area contributed by atoms with E-state index in [-0.39, 0.29) is 11.8 Å². The summed E-state index contributed by atoms with van der Waals surface area (Å²) in [6.45, 7) is 3.46. The van der Waals surface area contributed by atoms with Crippen molar-refractivity contribution in [1.82, 2.24) is 19.8 Å². The molecule has 2 aliphatic rings. The fourth-order valence-corrected chi connectivity index (χ4v) is 3.66. The standard InChI is InChI=1S/C19H24N4O3/c1-14-3-6-16(26-14)17(24)22-9-2-7-19(12-22,23-10-8-20-13-23)18(25)21-11-15-4-5-15/h3,6,8,10,13,15H,2,4-5,7,9,11-12H2,1H3,(H,21,25). The number of rotatable bonds is 5. The first kappa shape index (κ1) is 16.9. The average Bonchev–Trinajstić information content (AvgIpc) is 3.12. The summed E-state index contributed by atoms with van der Waals surface area (Å²) in [7, 11) is 0. The maximum Gasteiger partial charge on any atom is 0.289 e. The summed E-state index contributed by atoms with van der Waals surface area (Å²) in [5, 5.41) is 3.10. The minimum absolute atomic E-state index is 0.0319. The number of carbonyl (C=O) groups is 2. The molecule has 1 unspecified atom stereocenters. The lowest BCUT2D eigenvalue weighted by atomic mass is 9.87. The Kier molecular flexibility index (Phi) is 4.30. The van der Waals surface area contributed by atoms with Crippen LogP contribution in [0.5, 0.6) is 0 Å². The molecular weight excluding hydrogens is 332 g/mol. The molecule has 2 aromatic heterocycles. The van der Waals surface area contributed by atoms with Crippen LogP contribution in [0.25, 0.3) is 0 Å². The fourth-order valence-electron chi connectivity index (χ4n) is 3.66. The number of nitrogens with one attached hydrogen (secondary N) is 1. The number of hydrogen-bond acceptors (Lipinski definition) is 4. The maximum atomic E-state index is 13.1. The van der Waals surface area contributed by atoms with Gasteiger partial charge in [-0.1, -0.05) is 0 Å². The van der Waals surface area contributed by atoms with E-state index in [1.54, 1.807) is 29.6 Å². The van der Waals surface area contributed by atoms with E-state index < -0.39 is 5.54 Å². The van der Waals surface area contributed by atoms with Crippen molar-refractivity contribution >= 4 is 11.8 Å². The van der Waals surface area contributed by atoms with Gasteiger partial charge in [0.25, 0.3) is 5.91 Å². The van der Waals surface area contributed by atoms with Crippen LogP contribution in [0, 0.1) is 12.8 Å². The number of aromatic nitrogens is 2. The monoisotopic (exact) mass is 356 g/mol. The number of aryl methyl sites for hydroxylation is 1. The van der Waals surface area contributed by atoms with E-state index in [9.17, 15) is 9.59 Å². The zero-order valence-corrected chi connectivity index (χ0v) is 15.0. The Labute approximate surface area is 152 Å². The first-order chi connectivity index (χ1) is 12.6. The zero-order chi connectivity index (χ0) is 18.1. The Morgan fingerprint density at radius 1 is 1.38 bits per heavy atom. The molecule has 138 valence electrons. The van der Waals surface area contributed by atoms with E-state index in [4.69, 9.17) is 4.42 Å². The van der Waals surface area contributed by atoms with Gasteiger partial charge in [-0.3, -0.25) is 9.59 Å². The number of amides is 2. The molecule has 1 atom stereocenters. The molecule has 3 heterocycles. The lowest BCUT2D eigenvalue weighted by Crippen LogP contribution is -2.59. The van der Waals surface area contributed by atoms with Gasteiger partial charge in [-0.05, 0) is 50.7 Å². The van der Waals surface area contributed by atoms with E-state index >= 15 is 0 Å². The van der Waals surface area contributed by atoms with Gasteiger partial charge in [0.2, 0.25) is 5.91 Å². The summed E-state index contributed by atoms with van der Waals surface area (Å²) in [6, 6.07) is 3.47. The molecule has 2 fully saturated rings. The van der Waals surface area contributed by atoms with Gasteiger partial charge in [-0.2, -0.15) is 0 Å². The molecule has 1 N–H and O–H groups in total. The lowest BCUT2D eigenvalue weighted by Gasteiger charge is -2.42. The second-order valence-corrected chi connectivity index (χ2v) is 7.40. The topological polar surface area (TPSA) is 80.4 Å². The van der Waals surface area contributed by atoms with Crippen molar-refractivity contribution in [2.24, 2.45) is 5.92 Å². The number of furan rings is 1. The van der Waals surface area contributed by atoms with Gasteiger partial charge in [0.05, 0.1) is 12.9 Å². The van der Waals surface area contributed by atoms with Gasteiger partial charge >= 0.3 is 0 Å². The van der Waals surface area contributed by atoms with Gasteiger partial charge in [0.1, 0.15) is 11.3 Å². The molecule has 26 heavy (non-hydrogen) atoms. The number of hydrogen-bond donors (Lipinski definition) is 1. The molecule has 7 heteroatoms. The quantitative estimate of drug-likeness (QED) is 0.888. The molecule has 2 aromatic rings. The SMILES string of the molecule is Cc1ccc(C(=O)N2CCCC(C(=O)NCC3CC3)(n3ccnc3)C2)o1. The summed E-state index contributed by atoms with van der Waals surface area (Å²) in [6.07, 6.45) is 8.94. The summed E-state index contributed by atoms with van der Waals surface area (Å²) >= 11 is 0. The Morgan fingerprint density at radius 2 is 2.23 bits per heavy atom. The third-order valence-corrected chi connectivity index (χ3v) is 5.38. The second kappa shape index (κ2) is 6.63. The lowest BCUT2D eigenvalue weighted by molar-refractivity contribution is -0.132. The normalized spacial score (nSPS) is 23.0. The van der Waals surface area contributed by atoms with Crippen LogP contribution in [0.1, 0.15) is 42.0 Å². The van der Waals surface area contributed by atoms with Crippen LogP contribution in [-0.2, 0) is 10.3 Å². The maximum absolute atomic E-state index is 13.1. The van der Waals surface area contributed by atoms with Gasteiger partial charge in [-0.15, -0.1) is 0 Å². The zero-order valence-electron chi connectivity index (χ0n) is 15.0. The molecule has 1 saturated heterocycles. The fraction of sp³-hybridized carbons (Fsp3) is 0.526. The van der Waals surface area contributed by atoms with Crippen molar-refractivity contribution in [3.8, 4) is 0 Å². The predicted molar refractivity (Wildman–Crippen MR) is 94.5 cm³/mol. The molecule has 2 amide bonds. The van der Waals surface area contributed by atoms with Crippen molar-refractivity contribution in [2.75, 3.05) is 19.6 Å². The van der Waals surface area contributed by atoms with Crippen LogP contribution in [0.2, 0.25) is 0 Å². The van der Waals surface area contributed by atoms with Crippen LogP contribution < -0.4 is 5.32 Å². The smallest absolute Gasteiger partial charge is 0.289 e. The van der Waals surface area contributed by atoms with Crippen molar-refractivity contribution in [3.05, 3.63) is 42.4 Å². The predicted octanol–water partition coefficient (Wildman–Crippen LogP) is 1.94. The second-order valence-electron chi connectivity index (χ2n) is 7.40. The van der Waals surface area contributed by atoms with E-state index in [0.29, 0.717) is 43.5 Å². The van der Waals surface area contributed by atoms with Crippen molar-refractivity contribution < 1.29 is 14.0 Å². The Balaban J connectivity index is 1.58. The van der Waals surface area contributed by atoms with Crippen LogP contribution in [-0.4, -0.2) is 45.9 Å². The minimum Gasteiger partial charge on any atom is -0.456 e. The Bertz CT molecular complexity index is 794. The van der Waals surface area contributed by atoms with Crippen molar-refractivity contribution in [1.29, 1.82) is 0 Å². The summed E-state index contributed by atoms with van der Waals surface area (Å²) in [4.78, 5) is 31.8. The Hall–Kier alpha value is -2.57. The Morgan fingerprint density at radius 3 is 2.88 bits per heavy atom. The molecule has 0 aromatic carbocycles. The first-order valence-electron chi connectivity index (χ1n) is 9.21. The number of likely N-dealkylation sites (tertiary alicyclic amines) is 1. The van der Waals surface area contributed by atoms with Crippen molar-refractivity contribution in [2.45, 2.75) is 38.1 Å². The molecular formula is C19H24N4O3. The molecule has 0 spiro atoms. The van der Waals surface area contributed by atoms with Crippen LogP contribution in [0.15, 0.2) is 35.3 Å².